The van der Waals surface area contributed by atoms with Crippen molar-refractivity contribution in [3.63, 3.8) is 0 Å². The third kappa shape index (κ3) is 1.41. The third-order valence-corrected chi connectivity index (χ3v) is 4.13. The van der Waals surface area contributed by atoms with E-state index in [1.165, 1.54) is 16.7 Å². The summed E-state index contributed by atoms with van der Waals surface area (Å²) in [4.78, 5) is 12.8. The number of carbonyl (C=O) groups is 1. The Labute approximate surface area is 98.7 Å². The molecular formula is C14H12OS. The summed E-state index contributed by atoms with van der Waals surface area (Å²) in [6.45, 7) is 2.09. The van der Waals surface area contributed by atoms with Crippen LogP contribution in [0.1, 0.15) is 38.7 Å². The highest BCUT2D eigenvalue weighted by Crippen LogP contribution is 2.40. The molecule has 80 valence electrons. The summed E-state index contributed by atoms with van der Waals surface area (Å²) < 4.78 is 0. The number of Topliss-reactive ketones (excluding diaryl/α,β-unsaturated/α-hetero) is 1. The van der Waals surface area contributed by atoms with Crippen molar-refractivity contribution in [2.45, 2.75) is 19.3 Å². The predicted octanol–water partition coefficient (Wildman–Crippen LogP) is 3.77. The van der Waals surface area contributed by atoms with Crippen molar-refractivity contribution in [3.05, 3.63) is 57.3 Å². The van der Waals surface area contributed by atoms with Crippen molar-refractivity contribution >= 4 is 17.1 Å². The van der Waals surface area contributed by atoms with E-state index in [-0.39, 0.29) is 5.92 Å². The SMILES string of the molecule is Cc1cccc(C2CC(=O)c3sccc32)c1. The molecule has 1 aromatic heterocycles. The molecule has 2 aromatic rings. The maximum absolute atomic E-state index is 11.8. The Kier molecular flexibility index (Phi) is 2.18. The molecule has 0 radical (unpaired) electrons. The smallest absolute Gasteiger partial charge is 0.174 e. The average molecular weight is 228 g/mol. The van der Waals surface area contributed by atoms with E-state index < -0.39 is 0 Å². The van der Waals surface area contributed by atoms with Gasteiger partial charge in [-0.2, -0.15) is 0 Å². The molecule has 1 aliphatic rings. The number of hydrogen-bond acceptors (Lipinski definition) is 2. The lowest BCUT2D eigenvalue weighted by Gasteiger charge is -2.10. The molecule has 3 rings (SSSR count). The number of ketones is 1. The van der Waals surface area contributed by atoms with Crippen LogP contribution in [-0.4, -0.2) is 5.78 Å². The summed E-state index contributed by atoms with van der Waals surface area (Å²) in [6.07, 6.45) is 0.644. The van der Waals surface area contributed by atoms with E-state index in [0.29, 0.717) is 12.2 Å². The van der Waals surface area contributed by atoms with Crippen LogP contribution in [0.3, 0.4) is 0 Å². The lowest BCUT2D eigenvalue weighted by molar-refractivity contribution is 0.0994. The summed E-state index contributed by atoms with van der Waals surface area (Å²) in [5.41, 5.74) is 3.75. The Morgan fingerprint density at radius 2 is 2.19 bits per heavy atom. The average Bonchev–Trinajstić information content (AvgIpc) is 2.83. The molecule has 1 nitrogen and oxygen atoms in total. The van der Waals surface area contributed by atoms with Gasteiger partial charge in [0.25, 0.3) is 0 Å². The molecule has 0 N–H and O–H groups in total. The van der Waals surface area contributed by atoms with Crippen molar-refractivity contribution in [1.82, 2.24) is 0 Å². The second kappa shape index (κ2) is 3.56. The number of fused-ring (bicyclic) bond motifs is 1. The normalized spacial score (nSPS) is 18.8. The van der Waals surface area contributed by atoms with Crippen LogP contribution in [0.25, 0.3) is 0 Å². The van der Waals surface area contributed by atoms with E-state index in [1.807, 2.05) is 5.38 Å². The molecule has 1 heterocycles. The minimum atomic E-state index is 0.286. The lowest BCUT2D eigenvalue weighted by Crippen LogP contribution is -1.97. The van der Waals surface area contributed by atoms with Crippen LogP contribution in [0.2, 0.25) is 0 Å². The Hall–Kier alpha value is -1.41. The van der Waals surface area contributed by atoms with Gasteiger partial charge in [-0.3, -0.25) is 4.79 Å². The van der Waals surface area contributed by atoms with Gasteiger partial charge in [0.15, 0.2) is 5.78 Å². The van der Waals surface area contributed by atoms with Gasteiger partial charge in [-0.1, -0.05) is 29.8 Å². The monoisotopic (exact) mass is 228 g/mol. The summed E-state index contributed by atoms with van der Waals surface area (Å²) in [6, 6.07) is 10.6. The fourth-order valence-electron chi connectivity index (χ4n) is 2.39. The van der Waals surface area contributed by atoms with Crippen molar-refractivity contribution in [1.29, 1.82) is 0 Å². The quantitative estimate of drug-likeness (QED) is 0.726. The number of aryl methyl sites for hydroxylation is 1. The van der Waals surface area contributed by atoms with Crippen LogP contribution in [0.5, 0.6) is 0 Å². The van der Waals surface area contributed by atoms with Crippen LogP contribution in [0.15, 0.2) is 35.7 Å². The molecule has 1 atom stereocenters. The Morgan fingerprint density at radius 1 is 1.31 bits per heavy atom. The molecular weight excluding hydrogens is 216 g/mol. The van der Waals surface area contributed by atoms with Gasteiger partial charge in [0.2, 0.25) is 0 Å². The second-order valence-corrected chi connectivity index (χ2v) is 5.22. The van der Waals surface area contributed by atoms with Crippen molar-refractivity contribution in [2.75, 3.05) is 0 Å². The van der Waals surface area contributed by atoms with Crippen LogP contribution in [0.4, 0.5) is 0 Å². The molecule has 0 saturated carbocycles. The topological polar surface area (TPSA) is 17.1 Å². The molecule has 0 aliphatic heterocycles. The molecule has 16 heavy (non-hydrogen) atoms. The molecule has 0 saturated heterocycles. The van der Waals surface area contributed by atoms with Gasteiger partial charge >= 0.3 is 0 Å². The van der Waals surface area contributed by atoms with Gasteiger partial charge < -0.3 is 0 Å². The number of carbonyl (C=O) groups excluding carboxylic acids is 1. The van der Waals surface area contributed by atoms with Crippen LogP contribution in [-0.2, 0) is 0 Å². The van der Waals surface area contributed by atoms with E-state index in [1.54, 1.807) is 11.3 Å². The summed E-state index contributed by atoms with van der Waals surface area (Å²) >= 11 is 1.57. The summed E-state index contributed by atoms with van der Waals surface area (Å²) in [5, 5.41) is 2.02. The first-order valence-corrected chi connectivity index (χ1v) is 6.31. The zero-order chi connectivity index (χ0) is 11.1. The largest absolute Gasteiger partial charge is 0.293 e. The fourth-order valence-corrected chi connectivity index (χ4v) is 3.30. The lowest BCUT2D eigenvalue weighted by atomic mass is 9.93. The van der Waals surface area contributed by atoms with Gasteiger partial charge in [-0.15, -0.1) is 11.3 Å². The Morgan fingerprint density at radius 3 is 3.00 bits per heavy atom. The molecule has 2 heteroatoms. The molecule has 0 fully saturated rings. The highest BCUT2D eigenvalue weighted by Gasteiger charge is 2.31. The predicted molar refractivity (Wildman–Crippen MR) is 66.3 cm³/mol. The molecule has 0 bridgehead atoms. The van der Waals surface area contributed by atoms with Gasteiger partial charge in [0, 0.05) is 12.3 Å². The number of benzene rings is 1. The van der Waals surface area contributed by atoms with Crippen LogP contribution in [0, 0.1) is 6.92 Å². The zero-order valence-electron chi connectivity index (χ0n) is 9.07. The van der Waals surface area contributed by atoms with Gasteiger partial charge in [0.1, 0.15) is 0 Å². The minimum absolute atomic E-state index is 0.286. The van der Waals surface area contributed by atoms with Crippen LogP contribution < -0.4 is 0 Å². The molecule has 0 spiro atoms. The highest BCUT2D eigenvalue weighted by molar-refractivity contribution is 7.12. The van der Waals surface area contributed by atoms with E-state index in [4.69, 9.17) is 0 Å². The minimum Gasteiger partial charge on any atom is -0.293 e. The Bertz CT molecular complexity index is 553. The first-order valence-electron chi connectivity index (χ1n) is 5.43. The fraction of sp³-hybridized carbons (Fsp3) is 0.214. The van der Waals surface area contributed by atoms with Crippen molar-refractivity contribution < 1.29 is 4.79 Å². The third-order valence-electron chi connectivity index (χ3n) is 3.16. The standard InChI is InChI=1S/C14H12OS/c1-9-3-2-4-10(7-9)12-8-13(15)14-11(12)5-6-16-14/h2-7,12H,8H2,1H3. The molecule has 0 amide bonds. The second-order valence-electron chi connectivity index (χ2n) is 4.30. The van der Waals surface area contributed by atoms with E-state index in [0.717, 1.165) is 4.88 Å². The summed E-state index contributed by atoms with van der Waals surface area (Å²) in [7, 11) is 0. The molecule has 1 aliphatic carbocycles. The number of rotatable bonds is 1. The first-order chi connectivity index (χ1) is 7.75. The van der Waals surface area contributed by atoms with Crippen molar-refractivity contribution in [3.8, 4) is 0 Å². The molecule has 1 unspecified atom stereocenters. The maximum Gasteiger partial charge on any atom is 0.174 e. The summed E-state index contributed by atoms with van der Waals surface area (Å²) in [5.74, 6) is 0.588. The van der Waals surface area contributed by atoms with Gasteiger partial charge in [-0.05, 0) is 29.5 Å². The Balaban J connectivity index is 2.08. The van der Waals surface area contributed by atoms with E-state index >= 15 is 0 Å². The maximum atomic E-state index is 11.8. The first kappa shape index (κ1) is 9.79. The van der Waals surface area contributed by atoms with Crippen molar-refractivity contribution in [2.24, 2.45) is 0 Å². The van der Waals surface area contributed by atoms with Crippen LogP contribution >= 0.6 is 11.3 Å². The number of hydrogen-bond donors (Lipinski definition) is 0. The van der Waals surface area contributed by atoms with Gasteiger partial charge in [0.05, 0.1) is 4.88 Å². The zero-order valence-corrected chi connectivity index (χ0v) is 9.88. The van der Waals surface area contributed by atoms with E-state index in [9.17, 15) is 4.79 Å². The molecule has 1 aromatic carbocycles. The van der Waals surface area contributed by atoms with Gasteiger partial charge in [-0.25, -0.2) is 0 Å². The van der Waals surface area contributed by atoms with E-state index in [2.05, 4.69) is 37.3 Å². The number of thiophene rings is 1. The highest BCUT2D eigenvalue weighted by atomic mass is 32.1.